The van der Waals surface area contributed by atoms with Crippen LogP contribution in [0.15, 0.2) is 28.0 Å². The lowest BCUT2D eigenvalue weighted by atomic mass is 10.1. The van der Waals surface area contributed by atoms with Crippen molar-refractivity contribution in [1.82, 2.24) is 0 Å². The summed E-state index contributed by atoms with van der Waals surface area (Å²) in [4.78, 5) is 0. The largest absolute Gasteiger partial charge is 0.503 e. The second kappa shape index (κ2) is 2.77. The molecule has 2 rings (SSSR count). The van der Waals surface area contributed by atoms with Crippen LogP contribution in [0.4, 0.5) is 0 Å². The molecule has 0 aliphatic carbocycles. The molecule has 0 fully saturated rings. The Bertz CT molecular complexity index is 339. The van der Waals surface area contributed by atoms with Gasteiger partial charge in [0.1, 0.15) is 3.77 Å². The van der Waals surface area contributed by atoms with Gasteiger partial charge in [0.15, 0.2) is 0 Å². The molecule has 1 N–H and O–H groups in total. The molecule has 1 aromatic rings. The summed E-state index contributed by atoms with van der Waals surface area (Å²) in [5.74, 6) is 0. The van der Waals surface area contributed by atoms with Crippen molar-refractivity contribution in [3.05, 3.63) is 39.2 Å². The first kappa shape index (κ1) is 7.03. The van der Waals surface area contributed by atoms with Crippen molar-refractivity contribution >= 4 is 30.8 Å². The molecular weight excluding hydrogens is 251 g/mol. The zero-order chi connectivity index (χ0) is 7.68. The van der Waals surface area contributed by atoms with Crippen molar-refractivity contribution in [2.24, 2.45) is 0 Å². The summed E-state index contributed by atoms with van der Waals surface area (Å²) in [6, 6.07) is 8.11. The highest BCUT2D eigenvalue weighted by Gasteiger charge is 2.01. The lowest BCUT2D eigenvalue weighted by Gasteiger charge is -2.04. The van der Waals surface area contributed by atoms with Crippen LogP contribution >= 0.6 is 20.7 Å². The van der Waals surface area contributed by atoms with E-state index < -0.39 is 0 Å². The molecular formula is C9H7IO. The predicted octanol–water partition coefficient (Wildman–Crippen LogP) is 2.68. The number of halogens is 1. The van der Waals surface area contributed by atoms with E-state index in [-0.39, 0.29) is 20.7 Å². The van der Waals surface area contributed by atoms with E-state index in [4.69, 9.17) is 0 Å². The van der Waals surface area contributed by atoms with Crippen LogP contribution in [0.1, 0.15) is 11.1 Å². The van der Waals surface area contributed by atoms with E-state index in [0.717, 1.165) is 5.56 Å². The summed E-state index contributed by atoms with van der Waals surface area (Å²) < 4.78 is 2.70. The molecule has 1 nitrogen and oxygen atoms in total. The third-order valence-corrected chi connectivity index (χ3v) is 3.49. The van der Waals surface area contributed by atoms with E-state index in [9.17, 15) is 5.11 Å². The highest BCUT2D eigenvalue weighted by molar-refractivity contribution is 14.2. The topological polar surface area (TPSA) is 20.2 Å². The van der Waals surface area contributed by atoms with E-state index in [1.54, 1.807) is 0 Å². The normalized spacial score (nSPS) is 14.7. The van der Waals surface area contributed by atoms with Gasteiger partial charge in [-0.2, -0.15) is 0 Å². The smallest absolute Gasteiger partial charge is 0.148 e. The summed E-state index contributed by atoms with van der Waals surface area (Å²) in [5.41, 5.74) is 2.40. The van der Waals surface area contributed by atoms with Crippen molar-refractivity contribution in [3.63, 3.8) is 0 Å². The van der Waals surface area contributed by atoms with Gasteiger partial charge < -0.3 is 5.11 Å². The zero-order valence-electron chi connectivity index (χ0n) is 5.79. The summed E-state index contributed by atoms with van der Waals surface area (Å²) in [5, 5.41) is 9.23. The summed E-state index contributed by atoms with van der Waals surface area (Å²) in [7, 11) is 0. The molecule has 0 saturated heterocycles. The molecule has 0 saturated carbocycles. The van der Waals surface area contributed by atoms with Gasteiger partial charge in [0.25, 0.3) is 0 Å². The number of benzene rings is 1. The highest BCUT2D eigenvalue weighted by Crippen LogP contribution is 2.23. The van der Waals surface area contributed by atoms with Gasteiger partial charge in [-0.3, -0.25) is 0 Å². The van der Waals surface area contributed by atoms with E-state index in [2.05, 4.69) is 10.1 Å². The molecule has 0 bridgehead atoms. The number of aliphatic hydroxyl groups excluding tert-OH is 1. The van der Waals surface area contributed by atoms with Crippen LogP contribution in [0, 0.1) is 0 Å². The first-order valence-electron chi connectivity index (χ1n) is 3.32. The third-order valence-electron chi connectivity index (χ3n) is 1.55. The third kappa shape index (κ3) is 1.35. The van der Waals surface area contributed by atoms with E-state index >= 15 is 0 Å². The molecule has 0 spiro atoms. The number of rotatable bonds is 0. The fraction of sp³-hybridized carbons (Fsp3) is 0. The molecule has 0 radical (unpaired) electrons. The number of hydrogen-bond acceptors (Lipinski definition) is 1. The molecule has 2 heteroatoms. The molecule has 0 unspecified atom stereocenters. The van der Waals surface area contributed by atoms with Crippen molar-refractivity contribution < 1.29 is 5.11 Å². The van der Waals surface area contributed by atoms with Gasteiger partial charge in [-0.05, 0) is 41.9 Å². The van der Waals surface area contributed by atoms with Gasteiger partial charge >= 0.3 is 0 Å². The van der Waals surface area contributed by atoms with Gasteiger partial charge in [0.05, 0.1) is 0 Å². The standard InChI is InChI=1S/C9H7IO/c11-9-5-7-3-1-2-4-8(7)6-10-9/h1-6,11H. The molecule has 1 heterocycles. The second-order valence-corrected chi connectivity index (χ2v) is 4.67. The second-order valence-electron chi connectivity index (χ2n) is 2.31. The lowest BCUT2D eigenvalue weighted by molar-refractivity contribution is 0.470. The van der Waals surface area contributed by atoms with Gasteiger partial charge in [0.2, 0.25) is 0 Å². The fourth-order valence-electron chi connectivity index (χ4n) is 1.02. The average molecular weight is 258 g/mol. The quantitative estimate of drug-likeness (QED) is 0.709. The molecule has 1 aliphatic rings. The minimum Gasteiger partial charge on any atom is -0.503 e. The summed E-state index contributed by atoms with van der Waals surface area (Å²) >= 11 is -0.245. The van der Waals surface area contributed by atoms with Crippen molar-refractivity contribution in [2.45, 2.75) is 0 Å². The summed E-state index contributed by atoms with van der Waals surface area (Å²) in [6.07, 6.45) is 1.86. The number of aliphatic hydroxyl groups is 1. The van der Waals surface area contributed by atoms with E-state index in [0.29, 0.717) is 3.77 Å². The van der Waals surface area contributed by atoms with Gasteiger partial charge in [-0.1, -0.05) is 24.3 Å². The van der Waals surface area contributed by atoms with Crippen LogP contribution in [0.2, 0.25) is 0 Å². The Morgan fingerprint density at radius 1 is 1.09 bits per heavy atom. The van der Waals surface area contributed by atoms with Crippen LogP contribution in [0.5, 0.6) is 0 Å². The van der Waals surface area contributed by atoms with Gasteiger partial charge in [0, 0.05) is 0 Å². The monoisotopic (exact) mass is 258 g/mol. The fourth-order valence-corrected chi connectivity index (χ4v) is 2.75. The highest BCUT2D eigenvalue weighted by atomic mass is 127. The van der Waals surface area contributed by atoms with Crippen LogP contribution in [-0.2, 0) is 0 Å². The minimum atomic E-state index is -0.245. The zero-order valence-corrected chi connectivity index (χ0v) is 7.95. The molecule has 11 heavy (non-hydrogen) atoms. The Morgan fingerprint density at radius 2 is 1.82 bits per heavy atom. The molecule has 1 aliphatic heterocycles. The molecule has 56 valence electrons. The van der Waals surface area contributed by atoms with Gasteiger partial charge in [-0.15, -0.1) is 0 Å². The van der Waals surface area contributed by atoms with E-state index in [1.807, 2.05) is 24.3 Å². The number of hydrogen-bond donors (Lipinski definition) is 1. The predicted molar refractivity (Wildman–Crippen MR) is 56.2 cm³/mol. The molecule has 1 aromatic carbocycles. The maximum absolute atomic E-state index is 9.23. The lowest BCUT2D eigenvalue weighted by Crippen LogP contribution is -1.88. The van der Waals surface area contributed by atoms with E-state index in [1.165, 1.54) is 5.56 Å². The Labute approximate surface area is 75.1 Å². The Morgan fingerprint density at radius 3 is 2.64 bits per heavy atom. The maximum Gasteiger partial charge on any atom is 0.148 e. The van der Waals surface area contributed by atoms with Crippen molar-refractivity contribution in [3.8, 4) is 0 Å². The average Bonchev–Trinajstić information content (AvgIpc) is 2.04. The Kier molecular flexibility index (Phi) is 1.77. The molecule has 0 atom stereocenters. The van der Waals surface area contributed by atoms with Crippen LogP contribution < -0.4 is 0 Å². The first-order chi connectivity index (χ1) is 5.36. The van der Waals surface area contributed by atoms with Crippen molar-refractivity contribution in [2.75, 3.05) is 0 Å². The van der Waals surface area contributed by atoms with Crippen LogP contribution in [-0.4, -0.2) is 9.12 Å². The summed E-state index contributed by atoms with van der Waals surface area (Å²) in [6.45, 7) is 0. The molecule has 0 aromatic heterocycles. The Balaban J connectivity index is 2.61. The van der Waals surface area contributed by atoms with Crippen LogP contribution in [0.3, 0.4) is 0 Å². The minimum absolute atomic E-state index is 0.245. The maximum atomic E-state index is 9.23. The SMILES string of the molecule is OC1=Cc2ccccc2C=I1. The Hall–Kier alpha value is -0.640. The van der Waals surface area contributed by atoms with Crippen molar-refractivity contribution in [1.29, 1.82) is 0 Å². The van der Waals surface area contributed by atoms with Gasteiger partial charge in [-0.25, -0.2) is 0 Å². The first-order valence-corrected chi connectivity index (χ1v) is 5.65. The molecule has 0 amide bonds. The number of fused-ring (bicyclic) bond motifs is 1. The van der Waals surface area contributed by atoms with Crippen LogP contribution in [0.25, 0.3) is 6.08 Å².